The molecule has 3 heterocycles. The van der Waals surface area contributed by atoms with Crippen LogP contribution in [-0.2, 0) is 14.8 Å². The minimum Gasteiger partial charge on any atom is -0.508 e. The number of amides is 1. The third-order valence-corrected chi connectivity index (χ3v) is 8.38. The lowest BCUT2D eigenvalue weighted by Gasteiger charge is -2.36. The van der Waals surface area contributed by atoms with Gasteiger partial charge in [0.1, 0.15) is 18.0 Å². The molecule has 3 aliphatic rings. The Morgan fingerprint density at radius 2 is 1.87 bits per heavy atom. The van der Waals surface area contributed by atoms with E-state index in [-0.39, 0.29) is 34.7 Å². The molecule has 4 atom stereocenters. The Labute approximate surface area is 183 Å². The van der Waals surface area contributed by atoms with Gasteiger partial charge in [-0.25, -0.2) is 18.9 Å². The van der Waals surface area contributed by atoms with Gasteiger partial charge in [-0.2, -0.15) is 4.31 Å². The van der Waals surface area contributed by atoms with Crippen LogP contribution in [0.15, 0.2) is 23.1 Å². The molecule has 3 fully saturated rings. The first kappa shape index (κ1) is 22.4. The minimum absolute atomic E-state index is 0.0556. The van der Waals surface area contributed by atoms with Gasteiger partial charge in [0.25, 0.3) is 0 Å². The number of hydrogen-bond acceptors (Lipinski definition) is 8. The summed E-state index contributed by atoms with van der Waals surface area (Å²) in [4.78, 5) is 15.1. The molecular weight excluding hydrogens is 420 g/mol. The fraction of sp³-hybridized carbons (Fsp3) is 0.650. The number of benzene rings is 1. The standard InChI is InChI=1S/C20H32N6O4S/c1-4-5-15-17-18(25(3)23-15)20(28)22-19(21-17)14-12-13(6-7-16(14)27)31(29,30)26-10-8-24(2)9-11-26/h6-7,12,15,17-19,21,23,27H,4-5,8-11H2,1-3H3,(H,22,28). The van der Waals surface area contributed by atoms with Crippen LogP contribution in [0.3, 0.4) is 0 Å². The summed E-state index contributed by atoms with van der Waals surface area (Å²) in [5.74, 6) is -0.214. The van der Waals surface area contributed by atoms with Crippen LogP contribution in [-0.4, -0.2) is 92.0 Å². The third kappa shape index (κ3) is 4.18. The SMILES string of the molecule is CCCC1NN(C)C2C(=O)NC(c3cc(S(=O)(=O)N4CCN(C)CC4)ccc3O)NC12. The molecule has 11 heteroatoms. The summed E-state index contributed by atoms with van der Waals surface area (Å²) in [7, 11) is 0.121. The van der Waals surface area contributed by atoms with Gasteiger partial charge in [-0.1, -0.05) is 13.3 Å². The Morgan fingerprint density at radius 3 is 2.55 bits per heavy atom. The average Bonchev–Trinajstić information content (AvgIpc) is 3.04. The van der Waals surface area contributed by atoms with Crippen LogP contribution >= 0.6 is 0 Å². The monoisotopic (exact) mass is 452 g/mol. The van der Waals surface area contributed by atoms with Crippen LogP contribution in [0.1, 0.15) is 31.5 Å². The second kappa shape index (κ2) is 8.64. The molecule has 3 aliphatic heterocycles. The number of hydrazine groups is 1. The predicted molar refractivity (Wildman–Crippen MR) is 116 cm³/mol. The van der Waals surface area contributed by atoms with Crippen molar-refractivity contribution in [1.29, 1.82) is 0 Å². The van der Waals surface area contributed by atoms with Crippen LogP contribution in [0.25, 0.3) is 0 Å². The predicted octanol–water partition coefficient (Wildman–Crippen LogP) is -0.598. The molecule has 1 aromatic carbocycles. The molecule has 0 saturated carbocycles. The van der Waals surface area contributed by atoms with Crippen molar-refractivity contribution in [2.75, 3.05) is 40.3 Å². The zero-order valence-electron chi connectivity index (χ0n) is 18.2. The number of aromatic hydroxyl groups is 1. The number of piperazine rings is 1. The summed E-state index contributed by atoms with van der Waals surface area (Å²) < 4.78 is 27.8. The van der Waals surface area contributed by atoms with E-state index in [2.05, 4.69) is 27.9 Å². The first-order valence-electron chi connectivity index (χ1n) is 10.8. The number of sulfonamides is 1. The molecule has 1 aromatic rings. The van der Waals surface area contributed by atoms with Gasteiger partial charge in [-0.3, -0.25) is 10.1 Å². The molecular formula is C20H32N6O4S. The maximum absolute atomic E-state index is 13.2. The topological polar surface area (TPSA) is 117 Å². The third-order valence-electron chi connectivity index (χ3n) is 6.48. The molecule has 0 aromatic heterocycles. The normalized spacial score (nSPS) is 30.9. The summed E-state index contributed by atoms with van der Waals surface area (Å²) in [6.07, 6.45) is 1.18. The summed E-state index contributed by atoms with van der Waals surface area (Å²) >= 11 is 0. The molecule has 0 spiro atoms. The van der Waals surface area contributed by atoms with Crippen molar-refractivity contribution in [3.8, 4) is 5.75 Å². The van der Waals surface area contributed by atoms with E-state index >= 15 is 0 Å². The highest BCUT2D eigenvalue weighted by molar-refractivity contribution is 7.89. The molecule has 4 rings (SSSR count). The maximum atomic E-state index is 13.2. The van der Waals surface area contributed by atoms with Gasteiger partial charge in [0, 0.05) is 44.8 Å². The zero-order valence-corrected chi connectivity index (χ0v) is 19.0. The number of rotatable bonds is 5. The minimum atomic E-state index is -3.69. The van der Waals surface area contributed by atoms with Crippen molar-refractivity contribution < 1.29 is 18.3 Å². The Hall–Kier alpha value is -1.76. The molecule has 0 radical (unpaired) electrons. The number of fused-ring (bicyclic) bond motifs is 1. The number of phenols is 1. The van der Waals surface area contributed by atoms with Gasteiger partial charge in [0.15, 0.2) is 0 Å². The number of hydrogen-bond donors (Lipinski definition) is 4. The first-order chi connectivity index (χ1) is 14.7. The summed E-state index contributed by atoms with van der Waals surface area (Å²) in [5, 5.41) is 18.6. The summed E-state index contributed by atoms with van der Waals surface area (Å²) in [6.45, 7) is 4.29. The van der Waals surface area contributed by atoms with Crippen molar-refractivity contribution in [2.45, 2.75) is 49.0 Å². The van der Waals surface area contributed by atoms with E-state index in [0.29, 0.717) is 31.7 Å². The number of phenolic OH excluding ortho intramolecular Hbond substituents is 1. The van der Waals surface area contributed by atoms with Crippen LogP contribution in [0.4, 0.5) is 0 Å². The second-order valence-corrected chi connectivity index (χ2v) is 10.6. The smallest absolute Gasteiger partial charge is 0.243 e. The van der Waals surface area contributed by atoms with E-state index in [1.807, 2.05) is 19.1 Å². The molecule has 4 N–H and O–H groups in total. The van der Waals surface area contributed by atoms with Gasteiger partial charge >= 0.3 is 0 Å². The number of nitrogens with zero attached hydrogens (tertiary/aromatic N) is 3. The Kier molecular flexibility index (Phi) is 6.25. The highest BCUT2D eigenvalue weighted by atomic mass is 32.2. The molecule has 10 nitrogen and oxygen atoms in total. The molecule has 31 heavy (non-hydrogen) atoms. The number of carbonyl (C=O) groups is 1. The highest BCUT2D eigenvalue weighted by Crippen LogP contribution is 2.32. The van der Waals surface area contributed by atoms with Crippen molar-refractivity contribution in [1.82, 2.24) is 30.3 Å². The van der Waals surface area contributed by atoms with E-state index in [9.17, 15) is 18.3 Å². The molecule has 1 amide bonds. The Bertz CT molecular complexity index is 934. The fourth-order valence-corrected chi connectivity index (χ4v) is 6.17. The van der Waals surface area contributed by atoms with Crippen LogP contribution < -0.4 is 16.1 Å². The number of carbonyl (C=O) groups excluding carboxylic acids is 1. The van der Waals surface area contributed by atoms with E-state index in [1.54, 1.807) is 0 Å². The first-order valence-corrected chi connectivity index (χ1v) is 12.2. The van der Waals surface area contributed by atoms with Gasteiger partial charge < -0.3 is 15.3 Å². The van der Waals surface area contributed by atoms with Crippen molar-refractivity contribution in [3.05, 3.63) is 23.8 Å². The Morgan fingerprint density at radius 1 is 1.16 bits per heavy atom. The van der Waals surface area contributed by atoms with Crippen LogP contribution in [0, 0.1) is 0 Å². The van der Waals surface area contributed by atoms with Crippen molar-refractivity contribution in [3.63, 3.8) is 0 Å². The Balaban J connectivity index is 1.61. The average molecular weight is 453 g/mol. The van der Waals surface area contributed by atoms with Crippen molar-refractivity contribution in [2.24, 2.45) is 0 Å². The van der Waals surface area contributed by atoms with Gasteiger partial charge in [-0.05, 0) is 31.7 Å². The van der Waals surface area contributed by atoms with Crippen LogP contribution in [0.5, 0.6) is 5.75 Å². The number of likely N-dealkylation sites (N-methyl/N-ethyl adjacent to an activating group) is 2. The molecule has 0 bridgehead atoms. The molecule has 3 saturated heterocycles. The fourth-order valence-electron chi connectivity index (χ4n) is 4.72. The molecule has 0 aliphatic carbocycles. The van der Waals surface area contributed by atoms with Gasteiger partial charge in [0.05, 0.1) is 10.9 Å². The maximum Gasteiger partial charge on any atom is 0.243 e. The largest absolute Gasteiger partial charge is 0.508 e. The molecule has 172 valence electrons. The van der Waals surface area contributed by atoms with Crippen molar-refractivity contribution >= 4 is 15.9 Å². The summed E-state index contributed by atoms with van der Waals surface area (Å²) in [6, 6.07) is 3.84. The second-order valence-electron chi connectivity index (χ2n) is 8.64. The lowest BCUT2D eigenvalue weighted by molar-refractivity contribution is -0.129. The van der Waals surface area contributed by atoms with E-state index < -0.39 is 16.2 Å². The molecule has 4 unspecified atom stereocenters. The lowest BCUT2D eigenvalue weighted by atomic mass is 9.94. The zero-order chi connectivity index (χ0) is 22.3. The van der Waals surface area contributed by atoms with Crippen LogP contribution in [0.2, 0.25) is 0 Å². The van der Waals surface area contributed by atoms with E-state index in [4.69, 9.17) is 0 Å². The van der Waals surface area contributed by atoms with Gasteiger partial charge in [-0.15, -0.1) is 0 Å². The quantitative estimate of drug-likeness (QED) is 0.468. The summed E-state index contributed by atoms with van der Waals surface area (Å²) in [5.41, 5.74) is 3.69. The van der Waals surface area contributed by atoms with Gasteiger partial charge in [0.2, 0.25) is 15.9 Å². The number of nitrogens with one attached hydrogen (secondary N) is 3. The van der Waals surface area contributed by atoms with E-state index in [1.165, 1.54) is 22.5 Å². The highest BCUT2D eigenvalue weighted by Gasteiger charge is 2.48. The lowest BCUT2D eigenvalue weighted by Crippen LogP contribution is -2.62. The van der Waals surface area contributed by atoms with E-state index in [0.717, 1.165) is 12.8 Å².